The molecule has 2 aromatic rings. The van der Waals surface area contributed by atoms with Gasteiger partial charge in [-0.3, -0.25) is 19.6 Å². The Hall–Kier alpha value is -3.34. The highest BCUT2D eigenvalue weighted by molar-refractivity contribution is 6.47. The fourth-order valence-corrected chi connectivity index (χ4v) is 5.47. The summed E-state index contributed by atoms with van der Waals surface area (Å²) in [4.78, 5) is 33.8. The van der Waals surface area contributed by atoms with Crippen LogP contribution in [0.15, 0.2) is 52.4 Å². The van der Waals surface area contributed by atoms with Crippen LogP contribution < -0.4 is 16.4 Å². The molecular formula is C28H33ClFN5O4. The minimum Gasteiger partial charge on any atom is -0.394 e. The maximum Gasteiger partial charge on any atom is 0.254 e. The Labute approximate surface area is 231 Å². The van der Waals surface area contributed by atoms with Gasteiger partial charge in [-0.25, -0.2) is 4.39 Å². The first-order valence-electron chi connectivity index (χ1n) is 12.9. The summed E-state index contributed by atoms with van der Waals surface area (Å²) in [5, 5.41) is 24.7. The lowest BCUT2D eigenvalue weighted by atomic mass is 9.74. The normalized spacial score (nSPS) is 23.8. The first kappa shape index (κ1) is 28.7. The highest BCUT2D eigenvalue weighted by atomic mass is 35.5. The van der Waals surface area contributed by atoms with Crippen LogP contribution >= 0.6 is 11.6 Å². The van der Waals surface area contributed by atoms with Gasteiger partial charge >= 0.3 is 0 Å². The largest absolute Gasteiger partial charge is 0.394 e. The summed E-state index contributed by atoms with van der Waals surface area (Å²) in [6, 6.07) is 10.1. The molecule has 0 bridgehead atoms. The van der Waals surface area contributed by atoms with E-state index in [0.717, 1.165) is 25.7 Å². The van der Waals surface area contributed by atoms with Crippen LogP contribution in [0.1, 0.15) is 60.1 Å². The number of aliphatic hydroxyl groups excluding tert-OH is 2. The zero-order valence-electron chi connectivity index (χ0n) is 21.7. The van der Waals surface area contributed by atoms with Crippen molar-refractivity contribution in [3.05, 3.63) is 70.0 Å². The number of benzene rings is 2. The molecule has 0 saturated heterocycles. The maximum atomic E-state index is 15.2. The lowest BCUT2D eigenvalue weighted by molar-refractivity contribution is -0.124. The van der Waals surface area contributed by atoms with E-state index in [1.165, 1.54) is 12.1 Å². The van der Waals surface area contributed by atoms with Crippen molar-refractivity contribution in [3.8, 4) is 0 Å². The number of carbonyl (C=O) groups is 2. The number of hydrogen-bond donors (Lipinski definition) is 5. The molecule has 9 nitrogen and oxygen atoms in total. The third kappa shape index (κ3) is 6.63. The molecule has 208 valence electrons. The van der Waals surface area contributed by atoms with Crippen molar-refractivity contribution >= 4 is 35.0 Å². The first-order valence-corrected chi connectivity index (χ1v) is 13.3. The van der Waals surface area contributed by atoms with Crippen LogP contribution in [0.5, 0.6) is 0 Å². The van der Waals surface area contributed by atoms with E-state index >= 15 is 4.39 Å². The van der Waals surface area contributed by atoms with E-state index in [1.807, 2.05) is 6.92 Å². The van der Waals surface area contributed by atoms with E-state index in [4.69, 9.17) is 27.4 Å². The molecule has 6 N–H and O–H groups in total. The summed E-state index contributed by atoms with van der Waals surface area (Å²) < 4.78 is 15.2. The molecule has 11 heteroatoms. The highest BCUT2D eigenvalue weighted by Crippen LogP contribution is 2.37. The quantitative estimate of drug-likeness (QED) is 0.338. The minimum atomic E-state index is -0.756. The molecule has 0 spiro atoms. The molecule has 0 aromatic heterocycles. The van der Waals surface area contributed by atoms with Crippen molar-refractivity contribution in [2.75, 3.05) is 19.8 Å². The summed E-state index contributed by atoms with van der Waals surface area (Å²) in [6.45, 7) is 1.49. The molecule has 1 heterocycles. The Morgan fingerprint density at radius 3 is 2.56 bits per heavy atom. The summed E-state index contributed by atoms with van der Waals surface area (Å²) in [5.74, 6) is -1.43. The molecule has 2 aliphatic rings. The van der Waals surface area contributed by atoms with Crippen molar-refractivity contribution in [1.82, 2.24) is 10.6 Å². The van der Waals surface area contributed by atoms with Crippen LogP contribution in [0.2, 0.25) is 5.02 Å². The second-order valence-electron chi connectivity index (χ2n) is 10.3. The smallest absolute Gasteiger partial charge is 0.254 e. The number of amides is 2. The third-order valence-corrected chi connectivity index (χ3v) is 7.76. The first-order chi connectivity index (χ1) is 18.6. The fourth-order valence-electron chi connectivity index (χ4n) is 5.27. The fraction of sp³-hybridized carbons (Fsp3) is 0.429. The van der Waals surface area contributed by atoms with Gasteiger partial charge in [0.15, 0.2) is 0 Å². The average molecular weight is 558 g/mol. The Balaban J connectivity index is 1.49. The molecule has 1 aliphatic carbocycles. The number of nitrogens with zero attached hydrogens (tertiary/aromatic N) is 2. The Morgan fingerprint density at radius 1 is 1.18 bits per heavy atom. The predicted octanol–water partition coefficient (Wildman–Crippen LogP) is 2.53. The number of hydrogen-bond acceptors (Lipinski definition) is 7. The number of amidine groups is 1. The Morgan fingerprint density at radius 2 is 1.92 bits per heavy atom. The van der Waals surface area contributed by atoms with Crippen LogP contribution in [0, 0.1) is 11.7 Å². The molecule has 2 aromatic carbocycles. The minimum absolute atomic E-state index is 0.0159. The van der Waals surface area contributed by atoms with Gasteiger partial charge in [0.05, 0.1) is 30.3 Å². The van der Waals surface area contributed by atoms with Crippen LogP contribution in [0.3, 0.4) is 0 Å². The number of nitrogens with two attached hydrogens (primary N) is 1. The van der Waals surface area contributed by atoms with E-state index in [9.17, 15) is 14.7 Å². The topological polar surface area (TPSA) is 149 Å². The molecular weight excluding hydrogens is 525 g/mol. The third-order valence-electron chi connectivity index (χ3n) is 7.52. The van der Waals surface area contributed by atoms with Crippen LogP contribution in [0.4, 0.5) is 4.39 Å². The summed E-state index contributed by atoms with van der Waals surface area (Å²) in [6.07, 6.45) is 3.15. The lowest BCUT2D eigenvalue weighted by Crippen LogP contribution is -2.47. The molecule has 2 atom stereocenters. The Bertz CT molecular complexity index is 1290. The SMILES string of the molecule is CC1([C@H]2CC[C@H](NC(=O)CO)CC2)CN=C(N)C(c2ccc(C(=O)N[C@H](CO)c3cccc(Cl)c3)c(F)c2)=N1. The molecule has 1 fully saturated rings. The van der Waals surface area contributed by atoms with Crippen molar-refractivity contribution in [2.45, 2.75) is 50.2 Å². The van der Waals surface area contributed by atoms with E-state index in [2.05, 4.69) is 15.6 Å². The number of rotatable bonds is 8. The van der Waals surface area contributed by atoms with Crippen LogP contribution in [0.25, 0.3) is 0 Å². The number of aliphatic imine (C=N–C) groups is 2. The Kier molecular flexibility index (Phi) is 8.99. The van der Waals surface area contributed by atoms with Crippen LogP contribution in [-0.4, -0.2) is 64.9 Å². The van der Waals surface area contributed by atoms with Gasteiger partial charge in [0.25, 0.3) is 5.91 Å². The molecule has 0 radical (unpaired) electrons. The van der Waals surface area contributed by atoms with Crippen LogP contribution in [-0.2, 0) is 4.79 Å². The van der Waals surface area contributed by atoms with Gasteiger partial charge in [-0.2, -0.15) is 0 Å². The van der Waals surface area contributed by atoms with E-state index in [0.29, 0.717) is 28.4 Å². The second kappa shape index (κ2) is 12.2. The second-order valence-corrected chi connectivity index (χ2v) is 10.7. The van der Waals surface area contributed by atoms with E-state index < -0.39 is 29.9 Å². The van der Waals surface area contributed by atoms with Gasteiger partial charge in [-0.1, -0.05) is 29.8 Å². The molecule has 1 aliphatic heterocycles. The van der Waals surface area contributed by atoms with Crippen molar-refractivity contribution < 1.29 is 24.2 Å². The van der Waals surface area contributed by atoms with Gasteiger partial charge < -0.3 is 26.6 Å². The zero-order valence-corrected chi connectivity index (χ0v) is 22.4. The number of nitrogens with one attached hydrogen (secondary N) is 2. The van der Waals surface area contributed by atoms with E-state index in [-0.39, 0.29) is 35.9 Å². The number of aliphatic hydroxyl groups is 2. The van der Waals surface area contributed by atoms with Gasteiger partial charge in [-0.05, 0) is 68.4 Å². The maximum absolute atomic E-state index is 15.2. The van der Waals surface area contributed by atoms with E-state index in [1.54, 1.807) is 30.3 Å². The number of carbonyl (C=O) groups excluding carboxylic acids is 2. The standard InChI is InChI=1S/C28H33ClFN5O4/c1-28(18-6-8-20(9-7-18)33-24(38)14-37)15-32-26(31)25(35-28)17-5-10-21(22(30)12-17)27(39)34-23(13-36)16-3-2-4-19(29)11-16/h2-5,10-12,18,20,23,36-37H,6-9,13-15H2,1H3,(H2,31,32)(H,33,38)(H,34,39)/t18-,20-,23-,28?/m1/s1. The lowest BCUT2D eigenvalue weighted by Gasteiger charge is -2.40. The van der Waals surface area contributed by atoms with Gasteiger partial charge in [-0.15, -0.1) is 0 Å². The summed E-state index contributed by atoms with van der Waals surface area (Å²) in [7, 11) is 0. The summed E-state index contributed by atoms with van der Waals surface area (Å²) in [5.41, 5.74) is 6.81. The highest BCUT2D eigenvalue weighted by Gasteiger charge is 2.39. The number of halogens is 2. The van der Waals surface area contributed by atoms with Crippen molar-refractivity contribution in [2.24, 2.45) is 21.6 Å². The van der Waals surface area contributed by atoms with Gasteiger partial charge in [0.2, 0.25) is 5.91 Å². The molecule has 39 heavy (non-hydrogen) atoms. The molecule has 1 unspecified atom stereocenters. The van der Waals surface area contributed by atoms with Gasteiger partial charge in [0, 0.05) is 16.6 Å². The monoisotopic (exact) mass is 557 g/mol. The predicted molar refractivity (Wildman–Crippen MR) is 148 cm³/mol. The molecule has 4 rings (SSSR count). The zero-order chi connectivity index (χ0) is 28.2. The molecule has 2 amide bonds. The van der Waals surface area contributed by atoms with Crippen molar-refractivity contribution in [1.29, 1.82) is 0 Å². The molecule has 1 saturated carbocycles. The average Bonchev–Trinajstić information content (AvgIpc) is 2.93. The van der Waals surface area contributed by atoms with Crippen molar-refractivity contribution in [3.63, 3.8) is 0 Å². The summed E-state index contributed by atoms with van der Waals surface area (Å²) >= 11 is 6.02. The van der Waals surface area contributed by atoms with Gasteiger partial charge in [0.1, 0.15) is 24.0 Å².